The molecule has 0 saturated heterocycles. The Labute approximate surface area is 290 Å². The topological polar surface area (TPSA) is 100 Å². The number of nitrogens with zero attached hydrogens (tertiary/aromatic N) is 1. The molecule has 3 N–H and O–H groups in total. The van der Waals surface area contributed by atoms with Crippen molar-refractivity contribution in [1.29, 1.82) is 0 Å². The number of hydrogen-bond donors (Lipinski definition) is 3. The number of anilines is 1. The summed E-state index contributed by atoms with van der Waals surface area (Å²) in [5.41, 5.74) is 5.80. The number of aromatic nitrogens is 1. The first-order valence-electron chi connectivity index (χ1n) is 16.4. The van der Waals surface area contributed by atoms with Crippen molar-refractivity contribution in [1.82, 2.24) is 15.6 Å². The van der Waals surface area contributed by atoms with E-state index in [1.165, 1.54) is 17.7 Å². The summed E-state index contributed by atoms with van der Waals surface area (Å²) in [6, 6.07) is 38.1. The van der Waals surface area contributed by atoms with Gasteiger partial charge < -0.3 is 16.0 Å². The average molecular weight is 665 g/mol. The molecule has 0 fully saturated rings. The minimum absolute atomic E-state index is 0.0238. The number of halogens is 1. The molecule has 0 unspecified atom stereocenters. The van der Waals surface area contributed by atoms with Gasteiger partial charge in [0.05, 0.1) is 5.52 Å². The number of amides is 3. The van der Waals surface area contributed by atoms with Gasteiger partial charge >= 0.3 is 0 Å². The highest BCUT2D eigenvalue weighted by Crippen LogP contribution is 2.29. The highest BCUT2D eigenvalue weighted by Gasteiger charge is 2.24. The number of carbonyl (C=O) groups is 3. The van der Waals surface area contributed by atoms with E-state index in [4.69, 9.17) is 0 Å². The molecule has 6 rings (SSSR count). The summed E-state index contributed by atoms with van der Waals surface area (Å²) in [6.45, 7) is 6.67. The van der Waals surface area contributed by atoms with Crippen LogP contribution in [-0.4, -0.2) is 22.7 Å². The predicted octanol–water partition coefficient (Wildman–Crippen LogP) is 8.38. The number of pyridine rings is 1. The molecule has 1 aromatic heterocycles. The van der Waals surface area contributed by atoms with Gasteiger partial charge in [-0.25, -0.2) is 9.37 Å². The molecule has 1 atom stereocenters. The fourth-order valence-electron chi connectivity index (χ4n) is 5.66. The lowest BCUT2D eigenvalue weighted by Gasteiger charge is -2.19. The molecule has 0 aliphatic carbocycles. The van der Waals surface area contributed by atoms with Gasteiger partial charge in [0.2, 0.25) is 5.91 Å². The first-order valence-corrected chi connectivity index (χ1v) is 16.4. The molecular weight excluding hydrogens is 627 g/mol. The van der Waals surface area contributed by atoms with Crippen LogP contribution in [0.15, 0.2) is 133 Å². The van der Waals surface area contributed by atoms with Crippen molar-refractivity contribution in [2.75, 3.05) is 5.32 Å². The summed E-state index contributed by atoms with van der Waals surface area (Å²) in [5.74, 6) is -1.12. The van der Waals surface area contributed by atoms with E-state index < -0.39 is 17.9 Å². The van der Waals surface area contributed by atoms with Crippen LogP contribution in [0.25, 0.3) is 22.0 Å². The monoisotopic (exact) mass is 664 g/mol. The van der Waals surface area contributed by atoms with Crippen molar-refractivity contribution in [3.63, 3.8) is 0 Å². The SMILES string of the molecule is CC(C)(C)c1ccc(-c2ccccc2C(=O)Nc2ccc3cc(C(=O)N[C@H](C(=O)NCc4ccc(F)cc4)c4ccccc4)ccc3n2)cc1. The van der Waals surface area contributed by atoms with Crippen LogP contribution in [0, 0.1) is 5.82 Å². The maximum Gasteiger partial charge on any atom is 0.257 e. The zero-order chi connectivity index (χ0) is 35.3. The summed E-state index contributed by atoms with van der Waals surface area (Å²) >= 11 is 0. The summed E-state index contributed by atoms with van der Waals surface area (Å²) in [5, 5.41) is 9.30. The van der Waals surface area contributed by atoms with Crippen molar-refractivity contribution < 1.29 is 18.8 Å². The van der Waals surface area contributed by atoms with Crippen LogP contribution in [0.2, 0.25) is 0 Å². The Kier molecular flexibility index (Phi) is 9.81. The molecule has 50 heavy (non-hydrogen) atoms. The molecule has 0 aliphatic rings. The molecule has 1 heterocycles. The molecule has 8 heteroatoms. The van der Waals surface area contributed by atoms with E-state index in [0.717, 1.165) is 16.7 Å². The van der Waals surface area contributed by atoms with Gasteiger partial charge in [0.15, 0.2) is 0 Å². The summed E-state index contributed by atoms with van der Waals surface area (Å²) in [6.07, 6.45) is 0. The maximum absolute atomic E-state index is 13.5. The van der Waals surface area contributed by atoms with E-state index in [-0.39, 0.29) is 23.7 Å². The summed E-state index contributed by atoms with van der Waals surface area (Å²) < 4.78 is 13.3. The van der Waals surface area contributed by atoms with Gasteiger partial charge in [0.25, 0.3) is 11.8 Å². The van der Waals surface area contributed by atoms with Crippen LogP contribution in [-0.2, 0) is 16.8 Å². The fraction of sp³-hybridized carbons (Fsp3) is 0.143. The number of fused-ring (bicyclic) bond motifs is 1. The second-order valence-corrected chi connectivity index (χ2v) is 13.1. The lowest BCUT2D eigenvalue weighted by atomic mass is 9.86. The Balaban J connectivity index is 1.16. The van der Waals surface area contributed by atoms with Gasteiger partial charge in [0.1, 0.15) is 17.7 Å². The Morgan fingerprint density at radius 1 is 0.740 bits per heavy atom. The lowest BCUT2D eigenvalue weighted by molar-refractivity contribution is -0.123. The fourth-order valence-corrected chi connectivity index (χ4v) is 5.66. The highest BCUT2D eigenvalue weighted by atomic mass is 19.1. The van der Waals surface area contributed by atoms with Crippen molar-refractivity contribution in [3.8, 4) is 11.1 Å². The average Bonchev–Trinajstić information content (AvgIpc) is 3.13. The number of nitrogens with one attached hydrogen (secondary N) is 3. The van der Waals surface area contributed by atoms with Gasteiger partial charge in [0, 0.05) is 23.1 Å². The second kappa shape index (κ2) is 14.5. The van der Waals surface area contributed by atoms with E-state index in [0.29, 0.717) is 33.4 Å². The molecule has 0 spiro atoms. The minimum atomic E-state index is -0.963. The first-order chi connectivity index (χ1) is 24.0. The molecular formula is C42H37FN4O3. The number of rotatable bonds is 9. The van der Waals surface area contributed by atoms with Crippen molar-refractivity contribution in [2.45, 2.75) is 38.8 Å². The highest BCUT2D eigenvalue weighted by molar-refractivity contribution is 6.09. The van der Waals surface area contributed by atoms with Gasteiger partial charge in [-0.2, -0.15) is 0 Å². The second-order valence-electron chi connectivity index (χ2n) is 13.1. The molecule has 0 bridgehead atoms. The first kappa shape index (κ1) is 33.7. The zero-order valence-electron chi connectivity index (χ0n) is 28.0. The van der Waals surface area contributed by atoms with Crippen molar-refractivity contribution >= 4 is 34.4 Å². The van der Waals surface area contributed by atoms with Crippen LogP contribution in [0.5, 0.6) is 0 Å². The van der Waals surface area contributed by atoms with E-state index in [2.05, 4.69) is 53.8 Å². The Morgan fingerprint density at radius 2 is 1.44 bits per heavy atom. The third-order valence-electron chi connectivity index (χ3n) is 8.48. The predicted molar refractivity (Wildman–Crippen MR) is 195 cm³/mol. The molecule has 0 radical (unpaired) electrons. The van der Waals surface area contributed by atoms with Gasteiger partial charge in [-0.05, 0) is 81.8 Å². The van der Waals surface area contributed by atoms with E-state index in [1.807, 2.05) is 36.4 Å². The van der Waals surface area contributed by atoms with Crippen LogP contribution in [0.4, 0.5) is 10.2 Å². The van der Waals surface area contributed by atoms with Gasteiger partial charge in [-0.15, -0.1) is 0 Å². The quantitative estimate of drug-likeness (QED) is 0.145. The van der Waals surface area contributed by atoms with E-state index in [1.54, 1.807) is 72.8 Å². The van der Waals surface area contributed by atoms with Gasteiger partial charge in [-0.1, -0.05) is 106 Å². The normalized spacial score (nSPS) is 11.8. The zero-order valence-corrected chi connectivity index (χ0v) is 28.0. The molecule has 0 aliphatic heterocycles. The molecule has 5 aromatic carbocycles. The Bertz CT molecular complexity index is 2160. The van der Waals surface area contributed by atoms with Crippen LogP contribution in [0.3, 0.4) is 0 Å². The Morgan fingerprint density at radius 3 is 2.16 bits per heavy atom. The standard InChI is InChI=1S/C42H37FN4O3/c1-42(2,3)32-19-15-28(16-20-32)34-11-7-8-12-35(34)40(49)46-37-24-18-30-25-31(17-23-36(30)45-37)39(48)47-38(29-9-5-4-6-10-29)41(50)44-26-27-13-21-33(43)22-14-27/h4-25,38H,26H2,1-3H3,(H,44,50)(H,47,48)(H,45,46,49)/t38-/m0/s1. The molecule has 7 nitrogen and oxygen atoms in total. The lowest BCUT2D eigenvalue weighted by Crippen LogP contribution is -2.40. The molecule has 6 aromatic rings. The molecule has 250 valence electrons. The van der Waals surface area contributed by atoms with Crippen LogP contribution < -0.4 is 16.0 Å². The third-order valence-corrected chi connectivity index (χ3v) is 8.48. The Hall–Kier alpha value is -6.15. The van der Waals surface area contributed by atoms with Crippen molar-refractivity contribution in [2.24, 2.45) is 0 Å². The summed E-state index contributed by atoms with van der Waals surface area (Å²) in [7, 11) is 0. The molecule has 3 amide bonds. The number of hydrogen-bond acceptors (Lipinski definition) is 4. The molecule has 0 saturated carbocycles. The number of carbonyl (C=O) groups excluding carboxylic acids is 3. The van der Waals surface area contributed by atoms with Gasteiger partial charge in [-0.3, -0.25) is 14.4 Å². The smallest absolute Gasteiger partial charge is 0.257 e. The minimum Gasteiger partial charge on any atom is -0.350 e. The summed E-state index contributed by atoms with van der Waals surface area (Å²) in [4.78, 5) is 44.9. The largest absolute Gasteiger partial charge is 0.350 e. The van der Waals surface area contributed by atoms with E-state index in [9.17, 15) is 18.8 Å². The van der Waals surface area contributed by atoms with Crippen LogP contribution in [0.1, 0.15) is 64.2 Å². The van der Waals surface area contributed by atoms with Crippen LogP contribution >= 0.6 is 0 Å². The third kappa shape index (κ3) is 7.93. The maximum atomic E-state index is 13.5. The number of benzene rings is 5. The van der Waals surface area contributed by atoms with Crippen molar-refractivity contribution in [3.05, 3.63) is 167 Å². The van der Waals surface area contributed by atoms with E-state index >= 15 is 0 Å².